The highest BCUT2D eigenvalue weighted by molar-refractivity contribution is 8.13. The molecular formula is C18H20N2O3S. The Labute approximate surface area is 145 Å². The first kappa shape index (κ1) is 16.6. The fourth-order valence-electron chi connectivity index (χ4n) is 2.92. The summed E-state index contributed by atoms with van der Waals surface area (Å²) in [4.78, 5) is 25.5. The van der Waals surface area contributed by atoms with Crippen molar-refractivity contribution in [2.45, 2.75) is 13.3 Å². The van der Waals surface area contributed by atoms with E-state index in [1.165, 1.54) is 11.8 Å². The maximum Gasteiger partial charge on any atom is 0.227 e. The van der Waals surface area contributed by atoms with Crippen molar-refractivity contribution in [3.05, 3.63) is 42.7 Å². The van der Waals surface area contributed by atoms with E-state index in [0.29, 0.717) is 18.7 Å². The van der Waals surface area contributed by atoms with Gasteiger partial charge in [0.05, 0.1) is 18.5 Å². The Morgan fingerprint density at radius 3 is 2.71 bits per heavy atom. The SMILES string of the molecule is COc1ccc(-n2cccc2)c(N2CC(CSC(C)=O)CC2=O)c1. The first-order chi connectivity index (χ1) is 11.6. The molecule has 1 aromatic heterocycles. The predicted molar refractivity (Wildman–Crippen MR) is 95.9 cm³/mol. The number of carbonyl (C=O) groups excluding carboxylic acids is 2. The molecule has 1 saturated heterocycles. The zero-order valence-electron chi connectivity index (χ0n) is 13.8. The molecule has 1 fully saturated rings. The van der Waals surface area contributed by atoms with Gasteiger partial charge >= 0.3 is 0 Å². The number of hydrogen-bond donors (Lipinski definition) is 0. The normalized spacial score (nSPS) is 17.3. The van der Waals surface area contributed by atoms with Crippen LogP contribution in [0.15, 0.2) is 42.7 Å². The van der Waals surface area contributed by atoms with Gasteiger partial charge in [-0.05, 0) is 30.2 Å². The molecule has 1 aliphatic rings. The van der Waals surface area contributed by atoms with Crippen LogP contribution in [0.4, 0.5) is 5.69 Å². The average Bonchev–Trinajstić information content (AvgIpc) is 3.22. The number of aromatic nitrogens is 1. The molecule has 1 aromatic carbocycles. The summed E-state index contributed by atoms with van der Waals surface area (Å²) in [6.07, 6.45) is 4.38. The van der Waals surface area contributed by atoms with E-state index in [-0.39, 0.29) is 16.9 Å². The molecule has 5 nitrogen and oxygen atoms in total. The van der Waals surface area contributed by atoms with Gasteiger partial charge in [0, 0.05) is 44.1 Å². The Kier molecular flexibility index (Phi) is 4.94. The first-order valence-corrected chi connectivity index (χ1v) is 8.82. The van der Waals surface area contributed by atoms with Crippen molar-refractivity contribution in [1.82, 2.24) is 4.57 Å². The van der Waals surface area contributed by atoms with E-state index >= 15 is 0 Å². The van der Waals surface area contributed by atoms with Crippen LogP contribution in [0.5, 0.6) is 5.75 Å². The number of hydrogen-bond acceptors (Lipinski definition) is 4. The fraction of sp³-hybridized carbons (Fsp3) is 0.333. The third kappa shape index (κ3) is 3.48. The van der Waals surface area contributed by atoms with E-state index in [2.05, 4.69) is 0 Å². The van der Waals surface area contributed by atoms with Gasteiger partial charge < -0.3 is 14.2 Å². The molecule has 6 heteroatoms. The van der Waals surface area contributed by atoms with Gasteiger partial charge in [0.2, 0.25) is 5.91 Å². The number of ether oxygens (including phenoxy) is 1. The average molecular weight is 344 g/mol. The van der Waals surface area contributed by atoms with E-state index in [4.69, 9.17) is 4.74 Å². The standard InChI is InChI=1S/C18H20N2O3S/c1-13(21)24-12-14-9-18(22)20(11-14)17-10-15(23-2)5-6-16(17)19-7-3-4-8-19/h3-8,10,14H,9,11-12H2,1-2H3. The second-order valence-electron chi connectivity index (χ2n) is 5.82. The van der Waals surface area contributed by atoms with Crippen molar-refractivity contribution < 1.29 is 14.3 Å². The summed E-state index contributed by atoms with van der Waals surface area (Å²) >= 11 is 1.29. The lowest BCUT2D eigenvalue weighted by atomic mass is 10.1. The summed E-state index contributed by atoms with van der Waals surface area (Å²) in [5.41, 5.74) is 1.78. The van der Waals surface area contributed by atoms with Crippen molar-refractivity contribution in [3.8, 4) is 11.4 Å². The maximum atomic E-state index is 12.5. The van der Waals surface area contributed by atoms with Gasteiger partial charge in [-0.15, -0.1) is 0 Å². The van der Waals surface area contributed by atoms with E-state index in [0.717, 1.165) is 17.1 Å². The number of benzene rings is 1. The van der Waals surface area contributed by atoms with E-state index in [1.54, 1.807) is 14.0 Å². The monoisotopic (exact) mass is 344 g/mol. The highest BCUT2D eigenvalue weighted by Crippen LogP contribution is 2.34. The number of methoxy groups -OCH3 is 1. The lowest BCUT2D eigenvalue weighted by molar-refractivity contribution is -0.117. The number of thioether (sulfide) groups is 1. The number of anilines is 1. The topological polar surface area (TPSA) is 51.5 Å². The minimum atomic E-state index is 0.0887. The van der Waals surface area contributed by atoms with Gasteiger partial charge in [-0.2, -0.15) is 0 Å². The van der Waals surface area contributed by atoms with Crippen LogP contribution >= 0.6 is 11.8 Å². The zero-order chi connectivity index (χ0) is 17.1. The molecule has 0 spiro atoms. The molecule has 1 amide bonds. The van der Waals surface area contributed by atoms with Crippen LogP contribution in [0, 0.1) is 5.92 Å². The summed E-state index contributed by atoms with van der Waals surface area (Å²) in [6.45, 7) is 2.19. The lowest BCUT2D eigenvalue weighted by Crippen LogP contribution is -2.26. The van der Waals surface area contributed by atoms with Gasteiger partial charge in [-0.1, -0.05) is 11.8 Å². The zero-order valence-corrected chi connectivity index (χ0v) is 14.6. The molecule has 2 aromatic rings. The number of rotatable bonds is 5. The molecule has 2 heterocycles. The lowest BCUT2D eigenvalue weighted by Gasteiger charge is -2.21. The van der Waals surface area contributed by atoms with Crippen LogP contribution < -0.4 is 9.64 Å². The van der Waals surface area contributed by atoms with E-state index in [9.17, 15) is 9.59 Å². The van der Waals surface area contributed by atoms with Crippen molar-refractivity contribution in [2.24, 2.45) is 5.92 Å². The molecule has 3 rings (SSSR count). The molecule has 126 valence electrons. The van der Waals surface area contributed by atoms with Gasteiger partial charge in [0.1, 0.15) is 5.75 Å². The Morgan fingerprint density at radius 1 is 1.29 bits per heavy atom. The van der Waals surface area contributed by atoms with E-state index < -0.39 is 0 Å². The smallest absolute Gasteiger partial charge is 0.227 e. The van der Waals surface area contributed by atoms with Crippen molar-refractivity contribution in [1.29, 1.82) is 0 Å². The summed E-state index contributed by atoms with van der Waals surface area (Å²) in [5, 5.41) is 0.0929. The summed E-state index contributed by atoms with van der Waals surface area (Å²) in [5.74, 6) is 1.68. The Bertz CT molecular complexity index is 743. The summed E-state index contributed by atoms with van der Waals surface area (Å²) < 4.78 is 7.32. The first-order valence-electron chi connectivity index (χ1n) is 7.83. The quantitative estimate of drug-likeness (QED) is 0.836. The molecule has 0 aliphatic carbocycles. The largest absolute Gasteiger partial charge is 0.497 e. The third-order valence-electron chi connectivity index (χ3n) is 4.08. The molecule has 1 aliphatic heterocycles. The Balaban J connectivity index is 1.90. The molecular weight excluding hydrogens is 324 g/mol. The fourth-order valence-corrected chi connectivity index (χ4v) is 3.61. The molecule has 0 bridgehead atoms. The molecule has 1 unspecified atom stereocenters. The summed E-state index contributed by atoms with van der Waals surface area (Å²) in [7, 11) is 1.62. The molecule has 0 N–H and O–H groups in total. The molecule has 0 saturated carbocycles. The molecule has 24 heavy (non-hydrogen) atoms. The maximum absolute atomic E-state index is 12.5. The summed E-state index contributed by atoms with van der Waals surface area (Å²) in [6, 6.07) is 9.65. The molecule has 0 radical (unpaired) electrons. The van der Waals surface area contributed by atoms with Gasteiger partial charge in [-0.3, -0.25) is 9.59 Å². The highest BCUT2D eigenvalue weighted by atomic mass is 32.2. The highest BCUT2D eigenvalue weighted by Gasteiger charge is 2.32. The predicted octanol–water partition coefficient (Wildman–Crippen LogP) is 3.12. The van der Waals surface area contributed by atoms with Crippen LogP contribution in [0.25, 0.3) is 5.69 Å². The van der Waals surface area contributed by atoms with Crippen LogP contribution in [0.2, 0.25) is 0 Å². The minimum Gasteiger partial charge on any atom is -0.497 e. The van der Waals surface area contributed by atoms with Crippen LogP contribution in [0.3, 0.4) is 0 Å². The van der Waals surface area contributed by atoms with Gasteiger partial charge in [0.15, 0.2) is 5.12 Å². The number of nitrogens with zero attached hydrogens (tertiary/aromatic N) is 2. The van der Waals surface area contributed by atoms with Crippen molar-refractivity contribution in [2.75, 3.05) is 24.3 Å². The van der Waals surface area contributed by atoms with E-state index in [1.807, 2.05) is 52.2 Å². The van der Waals surface area contributed by atoms with Crippen LogP contribution in [-0.4, -0.2) is 35.0 Å². The minimum absolute atomic E-state index is 0.0887. The number of amides is 1. The van der Waals surface area contributed by atoms with Gasteiger partial charge in [0.25, 0.3) is 0 Å². The van der Waals surface area contributed by atoms with Gasteiger partial charge in [-0.25, -0.2) is 0 Å². The Hall–Kier alpha value is -2.21. The second-order valence-corrected chi connectivity index (χ2v) is 7.02. The number of carbonyl (C=O) groups is 2. The van der Waals surface area contributed by atoms with Crippen molar-refractivity contribution in [3.63, 3.8) is 0 Å². The van der Waals surface area contributed by atoms with Crippen LogP contribution in [0.1, 0.15) is 13.3 Å². The van der Waals surface area contributed by atoms with Crippen molar-refractivity contribution >= 4 is 28.5 Å². The van der Waals surface area contributed by atoms with Crippen LogP contribution in [-0.2, 0) is 9.59 Å². The Morgan fingerprint density at radius 2 is 2.04 bits per heavy atom. The molecule has 1 atom stereocenters. The second kappa shape index (κ2) is 7.13. The third-order valence-corrected chi connectivity index (χ3v) is 5.13.